The van der Waals surface area contributed by atoms with Crippen molar-refractivity contribution in [3.05, 3.63) is 33.8 Å². The Hall–Kier alpha value is -0.870. The lowest BCUT2D eigenvalue weighted by atomic mass is 9.71. The monoisotopic (exact) mass is 351 g/mol. The molecular weight excluding hydrogens is 330 g/mol. The molecule has 1 saturated heterocycles. The quantitative estimate of drug-likeness (QED) is 0.840. The molecule has 1 aliphatic heterocycles. The normalized spacial score (nSPS) is 29.1. The van der Waals surface area contributed by atoms with Crippen LogP contribution in [0.4, 0.5) is 0 Å². The number of amides is 1. The summed E-state index contributed by atoms with van der Waals surface area (Å²) in [5.74, 6) is 0.325. The summed E-state index contributed by atoms with van der Waals surface area (Å²) in [6.45, 7) is 3.35. The van der Waals surface area contributed by atoms with Crippen LogP contribution < -0.4 is 0 Å². The molecule has 1 amide bonds. The van der Waals surface area contributed by atoms with E-state index in [9.17, 15) is 9.90 Å². The third-order valence-corrected chi connectivity index (χ3v) is 6.19. The van der Waals surface area contributed by atoms with Gasteiger partial charge in [0.2, 0.25) is 0 Å². The summed E-state index contributed by atoms with van der Waals surface area (Å²) in [4.78, 5) is 14.7. The number of fused-ring (bicyclic) bond motifs is 1. The second-order valence-corrected chi connectivity index (χ2v) is 7.28. The topological polar surface area (TPSA) is 40.5 Å². The van der Waals surface area contributed by atoms with Gasteiger partial charge in [-0.2, -0.15) is 0 Å². The number of aliphatic hydroxyl groups is 1. The average Bonchev–Trinajstić information content (AvgIpc) is 2.48. The molecule has 2 atom stereocenters. The van der Waals surface area contributed by atoms with Crippen LogP contribution in [-0.2, 0) is 0 Å². The fraction of sp³-hybridized carbons (Fsp3) is 0.588. The summed E-state index contributed by atoms with van der Waals surface area (Å²) in [5.41, 5.74) is 1.28. The van der Waals surface area contributed by atoms with Gasteiger partial charge >= 0.3 is 0 Å². The molecule has 1 aromatic carbocycles. The van der Waals surface area contributed by atoms with Gasteiger partial charge in [-0.25, -0.2) is 0 Å². The van der Waals surface area contributed by atoms with Crippen LogP contribution in [-0.4, -0.2) is 34.6 Å². The first-order valence-corrected chi connectivity index (χ1v) is 8.57. The average molecular weight is 352 g/mol. The maximum Gasteiger partial charge on any atom is 0.255 e. The fourth-order valence-electron chi connectivity index (χ4n) is 3.74. The molecule has 1 heterocycles. The van der Waals surface area contributed by atoms with Gasteiger partial charge < -0.3 is 10.0 Å². The van der Waals surface area contributed by atoms with E-state index < -0.39 is 5.60 Å². The maximum atomic E-state index is 12.8. The summed E-state index contributed by atoms with van der Waals surface area (Å²) < 4.78 is 0.888. The summed E-state index contributed by atoms with van der Waals surface area (Å²) >= 11 is 3.53. The summed E-state index contributed by atoms with van der Waals surface area (Å²) in [6, 6.07) is 5.80. The van der Waals surface area contributed by atoms with Gasteiger partial charge in [0.1, 0.15) is 0 Å². The fourth-order valence-corrected chi connectivity index (χ4v) is 4.17. The third kappa shape index (κ3) is 2.76. The van der Waals surface area contributed by atoms with E-state index in [0.29, 0.717) is 19.5 Å². The second kappa shape index (κ2) is 5.73. The molecule has 1 N–H and O–H groups in total. The molecular formula is C17H22BrNO2. The zero-order valence-corrected chi connectivity index (χ0v) is 14.0. The van der Waals surface area contributed by atoms with E-state index in [-0.39, 0.29) is 11.8 Å². The molecule has 3 nitrogen and oxygen atoms in total. The molecule has 0 bridgehead atoms. The largest absolute Gasteiger partial charge is 0.389 e. The van der Waals surface area contributed by atoms with E-state index in [1.807, 2.05) is 30.0 Å². The van der Waals surface area contributed by atoms with Crippen LogP contribution in [0.15, 0.2) is 22.7 Å². The van der Waals surface area contributed by atoms with Crippen molar-refractivity contribution in [3.8, 4) is 0 Å². The molecule has 2 aliphatic rings. The Morgan fingerprint density at radius 3 is 3.00 bits per heavy atom. The molecule has 0 radical (unpaired) electrons. The molecule has 21 heavy (non-hydrogen) atoms. The van der Waals surface area contributed by atoms with Gasteiger partial charge in [-0.3, -0.25) is 4.79 Å². The van der Waals surface area contributed by atoms with Crippen LogP contribution in [0.3, 0.4) is 0 Å². The lowest BCUT2D eigenvalue weighted by Gasteiger charge is -2.47. The van der Waals surface area contributed by atoms with Crippen molar-refractivity contribution < 1.29 is 9.90 Å². The number of aryl methyl sites for hydroxylation is 1. The number of carbonyl (C=O) groups excluding carboxylic acids is 1. The first kappa shape index (κ1) is 15.0. The number of nitrogens with zero attached hydrogens (tertiary/aromatic N) is 1. The molecule has 3 rings (SSSR count). The molecule has 4 heteroatoms. The first-order chi connectivity index (χ1) is 10.0. The molecule has 0 spiro atoms. The Balaban J connectivity index is 1.79. The Bertz CT molecular complexity index is 560. The van der Waals surface area contributed by atoms with Gasteiger partial charge in [-0.15, -0.1) is 0 Å². The zero-order valence-electron chi connectivity index (χ0n) is 12.4. The summed E-state index contributed by atoms with van der Waals surface area (Å²) in [7, 11) is 0. The summed E-state index contributed by atoms with van der Waals surface area (Å²) in [5, 5.41) is 10.7. The van der Waals surface area contributed by atoms with E-state index >= 15 is 0 Å². The number of benzene rings is 1. The number of rotatable bonds is 1. The Kier molecular flexibility index (Phi) is 4.10. The minimum atomic E-state index is -0.529. The van der Waals surface area contributed by atoms with Gasteiger partial charge in [-0.1, -0.05) is 25.0 Å². The van der Waals surface area contributed by atoms with E-state index in [0.717, 1.165) is 34.9 Å². The smallest absolute Gasteiger partial charge is 0.255 e. The maximum absolute atomic E-state index is 12.8. The van der Waals surface area contributed by atoms with Crippen LogP contribution in [0.5, 0.6) is 0 Å². The predicted molar refractivity (Wildman–Crippen MR) is 86.3 cm³/mol. The standard InChI is InChI=1S/C17H22BrNO2/c1-12-5-4-7-14(15(12)18)16(20)19-10-9-17(21)8-3-2-6-13(17)11-19/h4-5,7,13,21H,2-3,6,8-11H2,1H3. The number of halogens is 1. The van der Waals surface area contributed by atoms with E-state index in [4.69, 9.17) is 0 Å². The highest BCUT2D eigenvalue weighted by Gasteiger charge is 2.43. The van der Waals surface area contributed by atoms with Crippen molar-refractivity contribution in [2.45, 2.75) is 44.6 Å². The van der Waals surface area contributed by atoms with Crippen molar-refractivity contribution in [1.29, 1.82) is 0 Å². The van der Waals surface area contributed by atoms with E-state index in [1.54, 1.807) is 0 Å². The molecule has 2 fully saturated rings. The van der Waals surface area contributed by atoms with Crippen LogP contribution in [0.1, 0.15) is 48.0 Å². The van der Waals surface area contributed by atoms with E-state index in [1.165, 1.54) is 6.42 Å². The number of hydrogen-bond acceptors (Lipinski definition) is 2. The highest BCUT2D eigenvalue weighted by Crippen LogP contribution is 2.40. The molecule has 1 aliphatic carbocycles. The number of likely N-dealkylation sites (tertiary alicyclic amines) is 1. The van der Waals surface area contributed by atoms with Crippen molar-refractivity contribution in [3.63, 3.8) is 0 Å². The number of piperidine rings is 1. The predicted octanol–water partition coefficient (Wildman–Crippen LogP) is 3.52. The van der Waals surface area contributed by atoms with Crippen LogP contribution in [0, 0.1) is 12.8 Å². The molecule has 2 unspecified atom stereocenters. The van der Waals surface area contributed by atoms with Gasteiger partial charge in [0.15, 0.2) is 0 Å². The highest BCUT2D eigenvalue weighted by molar-refractivity contribution is 9.10. The molecule has 114 valence electrons. The van der Waals surface area contributed by atoms with Crippen molar-refractivity contribution >= 4 is 21.8 Å². The van der Waals surface area contributed by atoms with Crippen molar-refractivity contribution in [2.75, 3.05) is 13.1 Å². The van der Waals surface area contributed by atoms with Gasteiger partial charge in [0.25, 0.3) is 5.91 Å². The number of carbonyl (C=O) groups is 1. The Morgan fingerprint density at radius 2 is 2.19 bits per heavy atom. The minimum Gasteiger partial charge on any atom is -0.389 e. The first-order valence-electron chi connectivity index (χ1n) is 7.78. The second-order valence-electron chi connectivity index (χ2n) is 6.48. The molecule has 0 aromatic heterocycles. The Morgan fingerprint density at radius 1 is 1.38 bits per heavy atom. The van der Waals surface area contributed by atoms with Crippen molar-refractivity contribution in [1.82, 2.24) is 4.90 Å². The summed E-state index contributed by atoms with van der Waals surface area (Å²) in [6.07, 6.45) is 4.93. The lowest BCUT2D eigenvalue weighted by Crippen LogP contribution is -2.54. The van der Waals surface area contributed by atoms with Gasteiger partial charge in [0.05, 0.1) is 11.2 Å². The Labute approximate surface area is 134 Å². The minimum absolute atomic E-state index is 0.0817. The third-order valence-electron chi connectivity index (χ3n) is 5.14. The zero-order chi connectivity index (χ0) is 15.0. The number of hydrogen-bond donors (Lipinski definition) is 1. The van der Waals surface area contributed by atoms with Gasteiger partial charge in [-0.05, 0) is 53.7 Å². The van der Waals surface area contributed by atoms with Gasteiger partial charge in [0, 0.05) is 23.5 Å². The van der Waals surface area contributed by atoms with E-state index in [2.05, 4.69) is 15.9 Å². The van der Waals surface area contributed by atoms with Crippen LogP contribution >= 0.6 is 15.9 Å². The SMILES string of the molecule is Cc1cccc(C(=O)N2CCC3(O)CCCCC3C2)c1Br. The highest BCUT2D eigenvalue weighted by atomic mass is 79.9. The molecule has 1 saturated carbocycles. The van der Waals surface area contributed by atoms with Crippen molar-refractivity contribution in [2.24, 2.45) is 5.92 Å². The lowest BCUT2D eigenvalue weighted by molar-refractivity contribution is -0.0886. The van der Waals surface area contributed by atoms with Crippen LogP contribution in [0.2, 0.25) is 0 Å². The van der Waals surface area contributed by atoms with Crippen LogP contribution in [0.25, 0.3) is 0 Å². The molecule has 1 aromatic rings.